The van der Waals surface area contributed by atoms with Gasteiger partial charge < -0.3 is 10.2 Å². The molecular weight excluding hydrogens is 160 g/mol. The number of hydrogen-bond acceptors (Lipinski definition) is 2. The summed E-state index contributed by atoms with van der Waals surface area (Å²) in [7, 11) is 2.25. The maximum absolute atomic E-state index is 3.64. The Balaban J connectivity index is 2.46. The van der Waals surface area contributed by atoms with E-state index in [9.17, 15) is 0 Å². The fourth-order valence-corrected chi connectivity index (χ4v) is 2.13. The molecular formula is C11H24N2. The monoisotopic (exact) mass is 184 g/mol. The van der Waals surface area contributed by atoms with Crippen LogP contribution in [0.4, 0.5) is 0 Å². The highest BCUT2D eigenvalue weighted by Gasteiger charge is 2.28. The Bertz CT molecular complexity index is 154. The predicted molar refractivity (Wildman–Crippen MR) is 57.9 cm³/mol. The summed E-state index contributed by atoms with van der Waals surface area (Å²) in [4.78, 5) is 2.51. The summed E-state index contributed by atoms with van der Waals surface area (Å²) in [6, 6.07) is 1.40. The lowest BCUT2D eigenvalue weighted by Gasteiger charge is -2.41. The van der Waals surface area contributed by atoms with Crippen LogP contribution in [0.15, 0.2) is 0 Å². The quantitative estimate of drug-likeness (QED) is 0.701. The van der Waals surface area contributed by atoms with Gasteiger partial charge in [0.1, 0.15) is 0 Å². The first-order valence-corrected chi connectivity index (χ1v) is 5.46. The van der Waals surface area contributed by atoms with Crippen LogP contribution in [0.25, 0.3) is 0 Å². The van der Waals surface area contributed by atoms with Crippen LogP contribution in [0, 0.1) is 11.8 Å². The smallest absolute Gasteiger partial charge is 0.0241 e. The van der Waals surface area contributed by atoms with Gasteiger partial charge in [-0.05, 0) is 18.9 Å². The molecule has 0 aromatic carbocycles. The Hall–Kier alpha value is -0.0800. The molecule has 0 aromatic heterocycles. The summed E-state index contributed by atoms with van der Waals surface area (Å²) in [6.07, 6.45) is 0. The molecule has 2 atom stereocenters. The summed E-state index contributed by atoms with van der Waals surface area (Å²) in [5.41, 5.74) is 0. The number of nitrogens with one attached hydrogen (secondary N) is 1. The average Bonchev–Trinajstić information content (AvgIpc) is 2.03. The highest BCUT2D eigenvalue weighted by molar-refractivity contribution is 4.87. The molecule has 0 spiro atoms. The van der Waals surface area contributed by atoms with Crippen molar-refractivity contribution in [2.75, 3.05) is 20.1 Å². The molecule has 0 amide bonds. The average molecular weight is 184 g/mol. The molecule has 1 fully saturated rings. The molecule has 13 heavy (non-hydrogen) atoms. The van der Waals surface area contributed by atoms with Crippen molar-refractivity contribution < 1.29 is 0 Å². The Morgan fingerprint density at radius 3 is 2.15 bits per heavy atom. The van der Waals surface area contributed by atoms with Crippen LogP contribution in [0.2, 0.25) is 0 Å². The van der Waals surface area contributed by atoms with Crippen LogP contribution in [-0.2, 0) is 0 Å². The number of piperazine rings is 1. The van der Waals surface area contributed by atoms with E-state index in [2.05, 4.69) is 45.0 Å². The zero-order chi connectivity index (χ0) is 10.0. The van der Waals surface area contributed by atoms with Gasteiger partial charge in [-0.3, -0.25) is 0 Å². The summed E-state index contributed by atoms with van der Waals surface area (Å²) in [5.74, 6) is 1.50. The molecule has 0 aliphatic carbocycles. The maximum Gasteiger partial charge on any atom is 0.0241 e. The van der Waals surface area contributed by atoms with Crippen molar-refractivity contribution in [1.29, 1.82) is 0 Å². The lowest BCUT2D eigenvalue weighted by atomic mass is 9.95. The Labute approximate surface area is 82.7 Å². The van der Waals surface area contributed by atoms with Crippen molar-refractivity contribution in [3.8, 4) is 0 Å². The highest BCUT2D eigenvalue weighted by Crippen LogP contribution is 2.16. The Morgan fingerprint density at radius 1 is 1.15 bits per heavy atom. The molecule has 2 nitrogen and oxygen atoms in total. The fraction of sp³-hybridized carbons (Fsp3) is 1.00. The highest BCUT2D eigenvalue weighted by atomic mass is 15.2. The molecule has 1 saturated heterocycles. The van der Waals surface area contributed by atoms with Gasteiger partial charge in [0, 0.05) is 25.2 Å². The van der Waals surface area contributed by atoms with E-state index in [0.717, 1.165) is 24.4 Å². The second-order valence-electron chi connectivity index (χ2n) is 5.01. The first-order chi connectivity index (χ1) is 6.02. The zero-order valence-corrected chi connectivity index (χ0v) is 9.67. The largest absolute Gasteiger partial charge is 0.311 e. The molecule has 1 aliphatic rings. The first kappa shape index (κ1) is 11.0. The molecule has 1 rings (SSSR count). The van der Waals surface area contributed by atoms with Crippen molar-refractivity contribution in [1.82, 2.24) is 10.2 Å². The topological polar surface area (TPSA) is 15.3 Å². The van der Waals surface area contributed by atoms with Gasteiger partial charge in [0.2, 0.25) is 0 Å². The summed E-state index contributed by atoms with van der Waals surface area (Å²) in [5, 5.41) is 3.64. The van der Waals surface area contributed by atoms with Crippen LogP contribution in [0.5, 0.6) is 0 Å². The molecule has 0 radical (unpaired) electrons. The summed E-state index contributed by atoms with van der Waals surface area (Å²) >= 11 is 0. The minimum absolute atomic E-state index is 0.681. The van der Waals surface area contributed by atoms with E-state index >= 15 is 0 Å². The normalized spacial score (nSPS) is 31.6. The van der Waals surface area contributed by atoms with Crippen molar-refractivity contribution in [2.45, 2.75) is 39.8 Å². The van der Waals surface area contributed by atoms with E-state index in [1.165, 1.54) is 6.54 Å². The molecule has 0 aromatic rings. The summed E-state index contributed by atoms with van der Waals surface area (Å²) < 4.78 is 0. The third kappa shape index (κ3) is 2.68. The third-order valence-corrected chi connectivity index (χ3v) is 3.21. The van der Waals surface area contributed by atoms with E-state index < -0.39 is 0 Å². The van der Waals surface area contributed by atoms with Crippen molar-refractivity contribution in [3.05, 3.63) is 0 Å². The van der Waals surface area contributed by atoms with Gasteiger partial charge in [-0.15, -0.1) is 0 Å². The van der Waals surface area contributed by atoms with E-state index in [0.29, 0.717) is 6.04 Å². The minimum atomic E-state index is 0.681. The SMILES string of the molecule is CC(C)C1CN(C)C(C(C)C)CN1. The van der Waals surface area contributed by atoms with Crippen molar-refractivity contribution in [3.63, 3.8) is 0 Å². The number of nitrogens with zero attached hydrogens (tertiary/aromatic N) is 1. The Kier molecular flexibility index (Phi) is 3.74. The van der Waals surface area contributed by atoms with Crippen LogP contribution in [-0.4, -0.2) is 37.1 Å². The predicted octanol–water partition coefficient (Wildman–Crippen LogP) is 1.57. The van der Waals surface area contributed by atoms with E-state index in [1.54, 1.807) is 0 Å². The van der Waals surface area contributed by atoms with E-state index in [-0.39, 0.29) is 0 Å². The number of rotatable bonds is 2. The number of hydrogen-bond donors (Lipinski definition) is 1. The van der Waals surface area contributed by atoms with Crippen molar-refractivity contribution >= 4 is 0 Å². The lowest BCUT2D eigenvalue weighted by molar-refractivity contribution is 0.112. The number of likely N-dealkylation sites (N-methyl/N-ethyl adjacent to an activating group) is 1. The standard InChI is InChI=1S/C11H24N2/c1-8(2)10-7-13(5)11(6-12-10)9(3)4/h8-12H,6-7H2,1-5H3. The van der Waals surface area contributed by atoms with Gasteiger partial charge in [-0.2, -0.15) is 0 Å². The van der Waals surface area contributed by atoms with Gasteiger partial charge in [-0.1, -0.05) is 27.7 Å². The molecule has 2 heteroatoms. The van der Waals surface area contributed by atoms with Crippen LogP contribution < -0.4 is 5.32 Å². The first-order valence-electron chi connectivity index (χ1n) is 5.46. The Morgan fingerprint density at radius 2 is 1.77 bits per heavy atom. The fourth-order valence-electron chi connectivity index (χ4n) is 2.13. The minimum Gasteiger partial charge on any atom is -0.311 e. The van der Waals surface area contributed by atoms with Gasteiger partial charge >= 0.3 is 0 Å². The van der Waals surface area contributed by atoms with E-state index in [1.807, 2.05) is 0 Å². The molecule has 1 N–H and O–H groups in total. The lowest BCUT2D eigenvalue weighted by Crippen LogP contribution is -2.58. The molecule has 2 unspecified atom stereocenters. The molecule has 78 valence electrons. The van der Waals surface area contributed by atoms with Gasteiger partial charge in [0.05, 0.1) is 0 Å². The molecule has 0 bridgehead atoms. The third-order valence-electron chi connectivity index (χ3n) is 3.21. The zero-order valence-electron chi connectivity index (χ0n) is 9.67. The molecule has 1 heterocycles. The van der Waals surface area contributed by atoms with Crippen LogP contribution in [0.1, 0.15) is 27.7 Å². The van der Waals surface area contributed by atoms with Gasteiger partial charge in [0.15, 0.2) is 0 Å². The van der Waals surface area contributed by atoms with Crippen LogP contribution in [0.3, 0.4) is 0 Å². The second-order valence-corrected chi connectivity index (χ2v) is 5.01. The van der Waals surface area contributed by atoms with E-state index in [4.69, 9.17) is 0 Å². The van der Waals surface area contributed by atoms with Gasteiger partial charge in [0.25, 0.3) is 0 Å². The second kappa shape index (κ2) is 4.43. The van der Waals surface area contributed by atoms with Crippen molar-refractivity contribution in [2.24, 2.45) is 11.8 Å². The molecule has 1 aliphatic heterocycles. The molecule has 0 saturated carbocycles. The summed E-state index contributed by atoms with van der Waals surface area (Å²) in [6.45, 7) is 11.5. The van der Waals surface area contributed by atoms with Crippen LogP contribution >= 0.6 is 0 Å². The van der Waals surface area contributed by atoms with Gasteiger partial charge in [-0.25, -0.2) is 0 Å². The maximum atomic E-state index is 3.64.